The number of nitrogens with zero attached hydrogens (tertiary/aromatic N) is 2. The van der Waals surface area contributed by atoms with Crippen LogP contribution in [0.25, 0.3) is 0 Å². The molecule has 1 aliphatic carbocycles. The van der Waals surface area contributed by atoms with E-state index in [9.17, 15) is 5.11 Å². The minimum atomic E-state index is -0.276. The highest BCUT2D eigenvalue weighted by Gasteiger charge is 2.25. The molecule has 0 aromatic carbocycles. The lowest BCUT2D eigenvalue weighted by Gasteiger charge is -2.29. The van der Waals surface area contributed by atoms with Crippen LogP contribution in [0.15, 0.2) is 24.0 Å². The lowest BCUT2D eigenvalue weighted by molar-refractivity contribution is 0.0908. The number of allylic oxidation sites excluding steroid dienone is 2. The zero-order chi connectivity index (χ0) is 12.4. The van der Waals surface area contributed by atoms with Crippen LogP contribution in [0.2, 0.25) is 0 Å². The number of aromatic nitrogens is 2. The Bertz CT molecular complexity index is 408. The molecular weight excluding hydrogens is 212 g/mol. The molecule has 1 aromatic heterocycles. The van der Waals surface area contributed by atoms with Crippen molar-refractivity contribution in [3.05, 3.63) is 29.9 Å². The molecule has 0 saturated heterocycles. The highest BCUT2D eigenvalue weighted by atomic mass is 16.3. The number of hydrogen-bond acceptors (Lipinski definition) is 2. The van der Waals surface area contributed by atoms with Gasteiger partial charge in [0.15, 0.2) is 0 Å². The fourth-order valence-electron chi connectivity index (χ4n) is 2.84. The molecule has 0 radical (unpaired) electrons. The number of imidazole rings is 1. The van der Waals surface area contributed by atoms with Gasteiger partial charge in [-0.15, -0.1) is 0 Å². The number of aliphatic hydroxyl groups excluding tert-OH is 1. The monoisotopic (exact) mass is 234 g/mol. The fraction of sp³-hybridized carbons (Fsp3) is 0.643. The maximum atomic E-state index is 10.3. The van der Waals surface area contributed by atoms with E-state index in [1.165, 1.54) is 5.57 Å². The third kappa shape index (κ3) is 2.97. The molecule has 0 aliphatic heterocycles. The summed E-state index contributed by atoms with van der Waals surface area (Å²) >= 11 is 0. The highest BCUT2D eigenvalue weighted by molar-refractivity contribution is 5.08. The lowest BCUT2D eigenvalue weighted by atomic mass is 9.80. The van der Waals surface area contributed by atoms with Gasteiger partial charge >= 0.3 is 0 Å². The first-order valence-electron chi connectivity index (χ1n) is 6.38. The van der Waals surface area contributed by atoms with E-state index in [-0.39, 0.29) is 6.10 Å². The molecule has 3 unspecified atom stereocenters. The van der Waals surface area contributed by atoms with Crippen molar-refractivity contribution in [2.24, 2.45) is 18.9 Å². The Kier molecular flexibility index (Phi) is 3.67. The van der Waals surface area contributed by atoms with Crippen LogP contribution in [0.4, 0.5) is 0 Å². The standard InChI is InChI=1S/C14H22N2O/c1-10-6-11(2)8-12(7-10)13(17)9-14-15-4-5-16(14)3/h4-6,10,12-13,17H,7-9H2,1-3H3. The van der Waals surface area contributed by atoms with E-state index >= 15 is 0 Å². The van der Waals surface area contributed by atoms with E-state index in [1.54, 1.807) is 6.20 Å². The molecule has 1 aliphatic rings. The third-order valence-electron chi connectivity index (χ3n) is 3.68. The van der Waals surface area contributed by atoms with Gasteiger partial charge in [-0.2, -0.15) is 0 Å². The summed E-state index contributed by atoms with van der Waals surface area (Å²) in [6.07, 6.45) is 8.53. The first-order chi connectivity index (χ1) is 8.06. The smallest absolute Gasteiger partial charge is 0.110 e. The summed E-state index contributed by atoms with van der Waals surface area (Å²) in [5.41, 5.74) is 1.41. The molecule has 3 heteroatoms. The summed E-state index contributed by atoms with van der Waals surface area (Å²) in [7, 11) is 1.98. The second-order valence-electron chi connectivity index (χ2n) is 5.42. The third-order valence-corrected chi connectivity index (χ3v) is 3.68. The molecule has 17 heavy (non-hydrogen) atoms. The largest absolute Gasteiger partial charge is 0.392 e. The summed E-state index contributed by atoms with van der Waals surface area (Å²) < 4.78 is 1.98. The van der Waals surface area contributed by atoms with Crippen LogP contribution in [0.5, 0.6) is 0 Å². The van der Waals surface area contributed by atoms with Crippen LogP contribution in [-0.4, -0.2) is 20.8 Å². The average Bonchev–Trinajstić information content (AvgIpc) is 2.63. The van der Waals surface area contributed by atoms with Crippen molar-refractivity contribution in [2.45, 2.75) is 39.2 Å². The van der Waals surface area contributed by atoms with E-state index < -0.39 is 0 Å². The number of aryl methyl sites for hydroxylation is 1. The molecule has 1 N–H and O–H groups in total. The van der Waals surface area contributed by atoms with Crippen LogP contribution in [0, 0.1) is 11.8 Å². The Morgan fingerprint density at radius 2 is 2.35 bits per heavy atom. The molecule has 3 atom stereocenters. The quantitative estimate of drug-likeness (QED) is 0.815. The molecule has 0 bridgehead atoms. The van der Waals surface area contributed by atoms with E-state index in [4.69, 9.17) is 0 Å². The summed E-state index contributed by atoms with van der Waals surface area (Å²) in [6, 6.07) is 0. The molecule has 94 valence electrons. The predicted molar refractivity (Wildman–Crippen MR) is 68.6 cm³/mol. The molecule has 1 aromatic rings. The summed E-state index contributed by atoms with van der Waals surface area (Å²) in [6.45, 7) is 4.39. The van der Waals surface area contributed by atoms with Crippen LogP contribution in [0.1, 0.15) is 32.5 Å². The Morgan fingerprint density at radius 3 is 2.94 bits per heavy atom. The van der Waals surface area contributed by atoms with Crippen molar-refractivity contribution in [2.75, 3.05) is 0 Å². The number of aliphatic hydroxyl groups is 1. The van der Waals surface area contributed by atoms with Crippen LogP contribution in [0.3, 0.4) is 0 Å². The van der Waals surface area contributed by atoms with Crippen molar-refractivity contribution in [3.8, 4) is 0 Å². The second kappa shape index (κ2) is 5.05. The summed E-state index contributed by atoms with van der Waals surface area (Å²) in [5.74, 6) is 1.94. The van der Waals surface area contributed by atoms with Gasteiger partial charge < -0.3 is 9.67 Å². The zero-order valence-electron chi connectivity index (χ0n) is 10.9. The van der Waals surface area contributed by atoms with Gasteiger partial charge in [0.2, 0.25) is 0 Å². The van der Waals surface area contributed by atoms with Gasteiger partial charge in [0, 0.05) is 25.9 Å². The minimum absolute atomic E-state index is 0.276. The Morgan fingerprint density at radius 1 is 1.59 bits per heavy atom. The Labute approximate surface area is 103 Å². The second-order valence-corrected chi connectivity index (χ2v) is 5.42. The van der Waals surface area contributed by atoms with E-state index in [0.29, 0.717) is 18.3 Å². The molecule has 0 amide bonds. The fourth-order valence-corrected chi connectivity index (χ4v) is 2.84. The van der Waals surface area contributed by atoms with Crippen molar-refractivity contribution < 1.29 is 5.11 Å². The van der Waals surface area contributed by atoms with Crippen LogP contribution >= 0.6 is 0 Å². The molecule has 0 fully saturated rings. The highest BCUT2D eigenvalue weighted by Crippen LogP contribution is 2.31. The van der Waals surface area contributed by atoms with Gasteiger partial charge in [0.05, 0.1) is 6.10 Å². The predicted octanol–water partition coefficient (Wildman–Crippen LogP) is 2.32. The summed E-state index contributed by atoms with van der Waals surface area (Å²) in [5, 5.41) is 10.3. The number of hydrogen-bond donors (Lipinski definition) is 1. The van der Waals surface area contributed by atoms with E-state index in [2.05, 4.69) is 24.9 Å². The van der Waals surface area contributed by atoms with Gasteiger partial charge in [0.1, 0.15) is 5.82 Å². The first kappa shape index (κ1) is 12.4. The molecule has 2 rings (SSSR count). The van der Waals surface area contributed by atoms with Crippen molar-refractivity contribution >= 4 is 0 Å². The SMILES string of the molecule is CC1=CC(C)CC(C(O)Cc2nccn2C)C1. The maximum Gasteiger partial charge on any atom is 0.110 e. The normalized spacial score (nSPS) is 26.7. The van der Waals surface area contributed by atoms with Gasteiger partial charge in [-0.25, -0.2) is 4.98 Å². The van der Waals surface area contributed by atoms with E-state index in [1.807, 2.05) is 17.8 Å². The van der Waals surface area contributed by atoms with Crippen molar-refractivity contribution in [3.63, 3.8) is 0 Å². The molecule has 0 spiro atoms. The summed E-state index contributed by atoms with van der Waals surface area (Å²) in [4.78, 5) is 4.28. The van der Waals surface area contributed by atoms with Crippen LogP contribution in [-0.2, 0) is 13.5 Å². The Hall–Kier alpha value is -1.09. The average molecular weight is 234 g/mol. The first-order valence-corrected chi connectivity index (χ1v) is 6.38. The zero-order valence-corrected chi connectivity index (χ0v) is 10.9. The minimum Gasteiger partial charge on any atom is -0.392 e. The van der Waals surface area contributed by atoms with Crippen LogP contribution < -0.4 is 0 Å². The molecule has 0 saturated carbocycles. The van der Waals surface area contributed by atoms with Crippen molar-refractivity contribution in [1.29, 1.82) is 0 Å². The van der Waals surface area contributed by atoms with Gasteiger partial charge in [-0.1, -0.05) is 18.6 Å². The van der Waals surface area contributed by atoms with Gasteiger partial charge in [0.25, 0.3) is 0 Å². The number of rotatable bonds is 3. The molecule has 3 nitrogen and oxygen atoms in total. The maximum absolute atomic E-state index is 10.3. The molecule has 1 heterocycles. The topological polar surface area (TPSA) is 38.1 Å². The lowest BCUT2D eigenvalue weighted by Crippen LogP contribution is -2.28. The van der Waals surface area contributed by atoms with Crippen molar-refractivity contribution in [1.82, 2.24) is 9.55 Å². The van der Waals surface area contributed by atoms with Gasteiger partial charge in [-0.3, -0.25) is 0 Å². The van der Waals surface area contributed by atoms with E-state index in [0.717, 1.165) is 18.7 Å². The molecular formula is C14H22N2O. The van der Waals surface area contributed by atoms with Gasteiger partial charge in [-0.05, 0) is 31.6 Å². The Balaban J connectivity index is 1.99.